The van der Waals surface area contributed by atoms with Crippen LogP contribution in [0.5, 0.6) is 0 Å². The summed E-state index contributed by atoms with van der Waals surface area (Å²) in [5.41, 5.74) is 3.99. The van der Waals surface area contributed by atoms with Crippen molar-refractivity contribution in [2.75, 3.05) is 0 Å². The standard InChI is InChI=1S/C15H20O2/c1-3-11-7-8-14-12(9-11)5-4-6-13(14)10(2)15(16)17/h7-10,13H,3-6H2,1-2H3,(H,16,17). The second kappa shape index (κ2) is 4.91. The average Bonchev–Trinajstić information content (AvgIpc) is 2.36. The molecule has 2 rings (SSSR count). The molecule has 0 heterocycles. The normalized spacial score (nSPS) is 20.7. The Kier molecular flexibility index (Phi) is 3.51. The number of hydrogen-bond acceptors (Lipinski definition) is 1. The van der Waals surface area contributed by atoms with Gasteiger partial charge in [-0.25, -0.2) is 0 Å². The third kappa shape index (κ3) is 2.36. The van der Waals surface area contributed by atoms with Gasteiger partial charge in [-0.3, -0.25) is 4.79 Å². The number of carboxylic acid groups (broad SMARTS) is 1. The molecule has 2 atom stereocenters. The Morgan fingerprint density at radius 2 is 2.29 bits per heavy atom. The highest BCUT2D eigenvalue weighted by atomic mass is 16.4. The molecule has 1 aromatic rings. The number of benzene rings is 1. The molecule has 1 aliphatic carbocycles. The summed E-state index contributed by atoms with van der Waals surface area (Å²) >= 11 is 0. The van der Waals surface area contributed by atoms with E-state index in [0.29, 0.717) is 0 Å². The van der Waals surface area contributed by atoms with Crippen molar-refractivity contribution in [2.24, 2.45) is 5.92 Å². The van der Waals surface area contributed by atoms with Crippen molar-refractivity contribution >= 4 is 5.97 Å². The molecular formula is C15H20O2. The Labute approximate surface area is 103 Å². The summed E-state index contributed by atoms with van der Waals surface area (Å²) in [6.45, 7) is 3.98. The molecule has 2 heteroatoms. The van der Waals surface area contributed by atoms with Crippen molar-refractivity contribution in [3.8, 4) is 0 Å². The van der Waals surface area contributed by atoms with E-state index in [1.54, 1.807) is 0 Å². The van der Waals surface area contributed by atoms with Gasteiger partial charge in [0.05, 0.1) is 5.92 Å². The predicted octanol–water partition coefficient (Wildman–Crippen LogP) is 3.39. The maximum absolute atomic E-state index is 11.1. The number of carbonyl (C=O) groups is 1. The van der Waals surface area contributed by atoms with Crippen LogP contribution in [0.3, 0.4) is 0 Å². The van der Waals surface area contributed by atoms with Crippen LogP contribution in [0.1, 0.15) is 49.3 Å². The third-order valence-corrected chi connectivity index (χ3v) is 3.97. The molecule has 2 nitrogen and oxygen atoms in total. The quantitative estimate of drug-likeness (QED) is 0.867. The number of hydrogen-bond donors (Lipinski definition) is 1. The molecule has 0 aliphatic heterocycles. The first-order valence-corrected chi connectivity index (χ1v) is 6.48. The van der Waals surface area contributed by atoms with Crippen LogP contribution in [0, 0.1) is 5.92 Å². The maximum Gasteiger partial charge on any atom is 0.306 e. The number of rotatable bonds is 3. The summed E-state index contributed by atoms with van der Waals surface area (Å²) in [7, 11) is 0. The zero-order valence-electron chi connectivity index (χ0n) is 10.6. The molecule has 0 saturated heterocycles. The maximum atomic E-state index is 11.1. The van der Waals surface area contributed by atoms with Crippen LogP contribution in [0.15, 0.2) is 18.2 Å². The molecule has 17 heavy (non-hydrogen) atoms. The highest BCUT2D eigenvalue weighted by Crippen LogP contribution is 2.37. The summed E-state index contributed by atoms with van der Waals surface area (Å²) in [6, 6.07) is 6.55. The minimum atomic E-state index is -0.678. The first kappa shape index (κ1) is 12.2. The van der Waals surface area contributed by atoms with Gasteiger partial charge in [-0.1, -0.05) is 32.0 Å². The van der Waals surface area contributed by atoms with Gasteiger partial charge in [-0.15, -0.1) is 0 Å². The molecule has 0 amide bonds. The summed E-state index contributed by atoms with van der Waals surface area (Å²) in [4.78, 5) is 11.1. The van der Waals surface area contributed by atoms with Crippen LogP contribution in [0.2, 0.25) is 0 Å². The Morgan fingerprint density at radius 3 is 2.94 bits per heavy atom. The minimum absolute atomic E-state index is 0.196. The first-order chi connectivity index (χ1) is 8.13. The van der Waals surface area contributed by atoms with Crippen molar-refractivity contribution in [1.82, 2.24) is 0 Å². The van der Waals surface area contributed by atoms with Crippen LogP contribution in [-0.2, 0) is 17.6 Å². The van der Waals surface area contributed by atoms with Crippen LogP contribution in [0.25, 0.3) is 0 Å². The smallest absolute Gasteiger partial charge is 0.306 e. The fraction of sp³-hybridized carbons (Fsp3) is 0.533. The second-order valence-corrected chi connectivity index (χ2v) is 5.01. The first-order valence-electron chi connectivity index (χ1n) is 6.48. The van der Waals surface area contributed by atoms with E-state index in [4.69, 9.17) is 5.11 Å². The number of fused-ring (bicyclic) bond motifs is 1. The fourth-order valence-electron chi connectivity index (χ4n) is 2.82. The molecule has 0 fully saturated rings. The lowest BCUT2D eigenvalue weighted by Gasteiger charge is -2.28. The van der Waals surface area contributed by atoms with Gasteiger partial charge in [0, 0.05) is 0 Å². The lowest BCUT2D eigenvalue weighted by Crippen LogP contribution is -2.23. The summed E-state index contributed by atoms with van der Waals surface area (Å²) in [5.74, 6) is -0.758. The third-order valence-electron chi connectivity index (χ3n) is 3.97. The molecule has 1 N–H and O–H groups in total. The summed E-state index contributed by atoms with van der Waals surface area (Å²) in [5, 5.41) is 9.16. The predicted molar refractivity (Wildman–Crippen MR) is 68.3 cm³/mol. The van der Waals surface area contributed by atoms with E-state index in [1.807, 2.05) is 6.92 Å². The van der Waals surface area contributed by atoms with E-state index >= 15 is 0 Å². The highest BCUT2D eigenvalue weighted by molar-refractivity contribution is 5.71. The van der Waals surface area contributed by atoms with E-state index < -0.39 is 5.97 Å². The minimum Gasteiger partial charge on any atom is -0.481 e. The van der Waals surface area contributed by atoms with Crippen LogP contribution in [0.4, 0.5) is 0 Å². The Balaban J connectivity index is 2.34. The van der Waals surface area contributed by atoms with Gasteiger partial charge >= 0.3 is 5.97 Å². The van der Waals surface area contributed by atoms with Crippen molar-refractivity contribution in [3.63, 3.8) is 0 Å². The molecule has 1 aliphatic rings. The lowest BCUT2D eigenvalue weighted by atomic mass is 9.76. The van der Waals surface area contributed by atoms with E-state index in [-0.39, 0.29) is 11.8 Å². The van der Waals surface area contributed by atoms with Crippen molar-refractivity contribution in [3.05, 3.63) is 34.9 Å². The van der Waals surface area contributed by atoms with Gasteiger partial charge in [0.25, 0.3) is 0 Å². The molecule has 0 saturated carbocycles. The van der Waals surface area contributed by atoms with Crippen LogP contribution in [-0.4, -0.2) is 11.1 Å². The largest absolute Gasteiger partial charge is 0.481 e. The number of aliphatic carboxylic acids is 1. The van der Waals surface area contributed by atoms with Gasteiger partial charge in [-0.2, -0.15) is 0 Å². The van der Waals surface area contributed by atoms with Crippen LogP contribution < -0.4 is 0 Å². The molecule has 0 radical (unpaired) electrons. The van der Waals surface area contributed by atoms with Gasteiger partial charge in [0.15, 0.2) is 0 Å². The fourth-order valence-corrected chi connectivity index (χ4v) is 2.82. The topological polar surface area (TPSA) is 37.3 Å². The molecule has 0 aromatic heterocycles. The molecule has 92 valence electrons. The van der Waals surface area contributed by atoms with Gasteiger partial charge in [0.1, 0.15) is 0 Å². The van der Waals surface area contributed by atoms with E-state index in [2.05, 4.69) is 25.1 Å². The van der Waals surface area contributed by atoms with Crippen molar-refractivity contribution < 1.29 is 9.90 Å². The summed E-state index contributed by atoms with van der Waals surface area (Å²) in [6.07, 6.45) is 4.27. The van der Waals surface area contributed by atoms with E-state index in [0.717, 1.165) is 25.7 Å². The molecule has 0 spiro atoms. The Morgan fingerprint density at radius 1 is 1.53 bits per heavy atom. The van der Waals surface area contributed by atoms with Crippen molar-refractivity contribution in [2.45, 2.75) is 45.4 Å². The van der Waals surface area contributed by atoms with Crippen molar-refractivity contribution in [1.29, 1.82) is 0 Å². The zero-order chi connectivity index (χ0) is 12.4. The van der Waals surface area contributed by atoms with E-state index in [9.17, 15) is 4.79 Å². The van der Waals surface area contributed by atoms with Gasteiger partial charge in [-0.05, 0) is 48.3 Å². The SMILES string of the molecule is CCc1ccc2c(c1)CCCC2C(C)C(=O)O. The molecular weight excluding hydrogens is 212 g/mol. The number of carboxylic acids is 1. The zero-order valence-corrected chi connectivity index (χ0v) is 10.6. The number of aryl methyl sites for hydroxylation is 2. The van der Waals surface area contributed by atoms with Gasteiger partial charge < -0.3 is 5.11 Å². The second-order valence-electron chi connectivity index (χ2n) is 5.01. The Hall–Kier alpha value is -1.31. The average molecular weight is 232 g/mol. The molecule has 2 unspecified atom stereocenters. The van der Waals surface area contributed by atoms with Crippen LogP contribution >= 0.6 is 0 Å². The molecule has 1 aromatic carbocycles. The molecule has 0 bridgehead atoms. The summed E-state index contributed by atoms with van der Waals surface area (Å²) < 4.78 is 0. The monoisotopic (exact) mass is 232 g/mol. The van der Waals surface area contributed by atoms with E-state index in [1.165, 1.54) is 16.7 Å². The highest BCUT2D eigenvalue weighted by Gasteiger charge is 2.29. The Bertz CT molecular complexity index is 423. The van der Waals surface area contributed by atoms with Gasteiger partial charge in [0.2, 0.25) is 0 Å². The lowest BCUT2D eigenvalue weighted by molar-refractivity contribution is -0.142.